The fourth-order valence-corrected chi connectivity index (χ4v) is 0.448. The number of nitrogens with two attached hydrogens (primary N) is 1. The smallest absolute Gasteiger partial charge is 0.334 e. The van der Waals surface area contributed by atoms with Crippen LogP contribution in [0.3, 0.4) is 0 Å². The zero-order valence-corrected chi connectivity index (χ0v) is 8.74. The first-order valence-electron chi connectivity index (χ1n) is 4.19. The van der Waals surface area contributed by atoms with Gasteiger partial charge in [0.05, 0.1) is 0 Å². The highest BCUT2D eigenvalue weighted by Gasteiger charge is 2.27. The Bertz CT molecular complexity index is 274. The molecule has 0 aromatic carbocycles. The highest BCUT2D eigenvalue weighted by molar-refractivity contribution is 5.83. The lowest BCUT2D eigenvalue weighted by atomic mass is 10.2. The van der Waals surface area contributed by atoms with Gasteiger partial charge in [-0.15, -0.1) is 0 Å². The van der Waals surface area contributed by atoms with E-state index in [1.54, 1.807) is 0 Å². The molecule has 17 heavy (non-hydrogen) atoms. The Hall–Kier alpha value is -2.13. The molecule has 0 saturated carbocycles. The maximum Gasteiger partial charge on any atom is 0.334 e. The molecule has 0 aliphatic carbocycles. The molecule has 0 radical (unpaired) electrons. The quantitative estimate of drug-likeness (QED) is 0.302. The number of aliphatic hydroxyl groups excluding tert-OH is 1. The van der Waals surface area contributed by atoms with Crippen molar-refractivity contribution >= 4 is 17.9 Å². The van der Waals surface area contributed by atoms with Crippen molar-refractivity contribution in [2.45, 2.75) is 12.1 Å². The van der Waals surface area contributed by atoms with Crippen molar-refractivity contribution in [2.75, 3.05) is 6.54 Å². The summed E-state index contributed by atoms with van der Waals surface area (Å²) in [6, 6.07) is -1.77. The van der Waals surface area contributed by atoms with E-state index in [1.165, 1.54) is 6.20 Å². The van der Waals surface area contributed by atoms with Crippen LogP contribution in [-0.4, -0.2) is 57.0 Å². The SMILES string of the molecule is C=CNCC(=O)O.N[C@H](C(=O)O)C(O)C(=O)O. The van der Waals surface area contributed by atoms with Crippen molar-refractivity contribution in [3.05, 3.63) is 12.8 Å². The molecule has 0 spiro atoms. The van der Waals surface area contributed by atoms with Gasteiger partial charge in [-0.2, -0.15) is 0 Å². The molecule has 0 bridgehead atoms. The average molecular weight is 250 g/mol. The third kappa shape index (κ3) is 10.2. The number of carboxylic acid groups (broad SMARTS) is 3. The van der Waals surface area contributed by atoms with Gasteiger partial charge in [0.15, 0.2) is 6.10 Å². The van der Waals surface area contributed by atoms with Crippen molar-refractivity contribution in [2.24, 2.45) is 5.73 Å². The topological polar surface area (TPSA) is 170 Å². The monoisotopic (exact) mass is 250 g/mol. The molecule has 0 aliphatic heterocycles. The van der Waals surface area contributed by atoms with Crippen LogP contribution in [0.1, 0.15) is 0 Å². The second-order valence-electron chi connectivity index (χ2n) is 2.63. The maximum absolute atomic E-state index is 9.90. The Morgan fingerprint density at radius 1 is 1.24 bits per heavy atom. The minimum atomic E-state index is -2.04. The van der Waals surface area contributed by atoms with E-state index in [0.29, 0.717) is 0 Å². The van der Waals surface area contributed by atoms with Crippen LogP contribution in [0.25, 0.3) is 0 Å². The van der Waals surface area contributed by atoms with Crippen molar-refractivity contribution in [3.63, 3.8) is 0 Å². The lowest BCUT2D eigenvalue weighted by Crippen LogP contribution is -2.46. The van der Waals surface area contributed by atoms with Gasteiger partial charge in [0, 0.05) is 0 Å². The third-order valence-electron chi connectivity index (χ3n) is 1.28. The molecule has 9 nitrogen and oxygen atoms in total. The van der Waals surface area contributed by atoms with Crippen molar-refractivity contribution < 1.29 is 34.8 Å². The molecular weight excluding hydrogens is 236 g/mol. The van der Waals surface area contributed by atoms with Gasteiger partial charge in [0.1, 0.15) is 12.6 Å². The average Bonchev–Trinajstić information content (AvgIpc) is 2.24. The molecule has 9 heteroatoms. The van der Waals surface area contributed by atoms with Crippen molar-refractivity contribution in [1.29, 1.82) is 0 Å². The molecule has 1 unspecified atom stereocenters. The van der Waals surface area contributed by atoms with Gasteiger partial charge in [-0.25, -0.2) is 4.79 Å². The number of hydrogen-bond acceptors (Lipinski definition) is 6. The molecule has 0 aromatic heterocycles. The predicted octanol–water partition coefficient (Wildman–Crippen LogP) is -2.35. The number of carbonyl (C=O) groups is 3. The van der Waals surface area contributed by atoms with Crippen LogP contribution in [0, 0.1) is 0 Å². The minimum Gasteiger partial charge on any atom is -0.480 e. The summed E-state index contributed by atoms with van der Waals surface area (Å²) in [5.74, 6) is -4.07. The van der Waals surface area contributed by atoms with Gasteiger partial charge in [0.2, 0.25) is 0 Å². The molecule has 0 rings (SSSR count). The van der Waals surface area contributed by atoms with Crippen LogP contribution in [0.5, 0.6) is 0 Å². The summed E-state index contributed by atoms with van der Waals surface area (Å²) in [4.78, 5) is 29.4. The lowest BCUT2D eigenvalue weighted by Gasteiger charge is -2.08. The summed E-state index contributed by atoms with van der Waals surface area (Å²) >= 11 is 0. The van der Waals surface area contributed by atoms with Gasteiger partial charge < -0.3 is 31.5 Å². The van der Waals surface area contributed by atoms with E-state index in [9.17, 15) is 14.4 Å². The normalized spacial score (nSPS) is 12.4. The van der Waals surface area contributed by atoms with Crippen LogP contribution in [0.15, 0.2) is 12.8 Å². The first-order chi connectivity index (χ1) is 7.73. The van der Waals surface area contributed by atoms with E-state index in [1.807, 2.05) is 0 Å². The second-order valence-corrected chi connectivity index (χ2v) is 2.63. The van der Waals surface area contributed by atoms with E-state index in [-0.39, 0.29) is 6.54 Å². The third-order valence-corrected chi connectivity index (χ3v) is 1.28. The Balaban J connectivity index is 0. The molecule has 7 N–H and O–H groups in total. The summed E-state index contributed by atoms with van der Waals surface area (Å²) < 4.78 is 0. The van der Waals surface area contributed by atoms with E-state index < -0.39 is 30.1 Å². The second kappa shape index (κ2) is 9.12. The molecule has 0 aromatic rings. The van der Waals surface area contributed by atoms with E-state index >= 15 is 0 Å². The lowest BCUT2D eigenvalue weighted by molar-refractivity contribution is -0.154. The van der Waals surface area contributed by atoms with Crippen LogP contribution in [0.2, 0.25) is 0 Å². The number of carboxylic acids is 3. The maximum atomic E-state index is 9.90. The van der Waals surface area contributed by atoms with E-state index in [4.69, 9.17) is 26.2 Å². The Morgan fingerprint density at radius 3 is 1.82 bits per heavy atom. The molecule has 0 aliphatic rings. The van der Waals surface area contributed by atoms with Crippen LogP contribution in [-0.2, 0) is 14.4 Å². The fraction of sp³-hybridized carbons (Fsp3) is 0.375. The van der Waals surface area contributed by atoms with Crippen LogP contribution < -0.4 is 11.1 Å². The Kier molecular flexibility index (Phi) is 9.27. The molecule has 0 heterocycles. The van der Waals surface area contributed by atoms with Gasteiger partial charge in [-0.1, -0.05) is 6.58 Å². The zero-order chi connectivity index (χ0) is 14.0. The number of aliphatic hydroxyl groups is 1. The summed E-state index contributed by atoms with van der Waals surface area (Å²) in [6.45, 7) is 3.21. The summed E-state index contributed by atoms with van der Waals surface area (Å²) in [5, 5.41) is 34.9. The summed E-state index contributed by atoms with van der Waals surface area (Å²) in [6.07, 6.45) is -0.703. The Labute approximate surface area is 96.2 Å². The number of nitrogens with one attached hydrogen (secondary N) is 1. The zero-order valence-electron chi connectivity index (χ0n) is 8.74. The largest absolute Gasteiger partial charge is 0.480 e. The fourth-order valence-electron chi connectivity index (χ4n) is 0.448. The summed E-state index contributed by atoms with van der Waals surface area (Å²) in [7, 11) is 0. The standard InChI is InChI=1S/C4H7NO5.C4H7NO2/c5-1(3(7)8)2(6)4(9)10;1-2-5-3-4(6)7/h1-2,6H,5H2,(H,7,8)(H,9,10);2,5H,1,3H2,(H,6,7)/t1-,2?;/m0./s1. The highest BCUT2D eigenvalue weighted by Crippen LogP contribution is 1.89. The number of rotatable bonds is 6. The first-order valence-corrected chi connectivity index (χ1v) is 4.19. The van der Waals surface area contributed by atoms with Gasteiger partial charge >= 0.3 is 17.9 Å². The van der Waals surface area contributed by atoms with Crippen LogP contribution in [0.4, 0.5) is 0 Å². The predicted molar refractivity (Wildman–Crippen MR) is 55.1 cm³/mol. The first kappa shape index (κ1) is 17.3. The van der Waals surface area contributed by atoms with Gasteiger partial charge in [0.25, 0.3) is 0 Å². The molecule has 0 fully saturated rings. The molecular formula is C8H14N2O7. The molecule has 0 saturated heterocycles. The minimum absolute atomic E-state index is 0.0521. The Morgan fingerprint density at radius 2 is 1.71 bits per heavy atom. The van der Waals surface area contributed by atoms with E-state index in [0.717, 1.165) is 0 Å². The number of hydrogen-bond donors (Lipinski definition) is 6. The van der Waals surface area contributed by atoms with Crippen molar-refractivity contribution in [3.8, 4) is 0 Å². The molecule has 0 amide bonds. The van der Waals surface area contributed by atoms with Gasteiger partial charge in [-0.05, 0) is 6.20 Å². The van der Waals surface area contributed by atoms with Gasteiger partial charge in [-0.3, -0.25) is 9.59 Å². The molecule has 98 valence electrons. The van der Waals surface area contributed by atoms with E-state index in [2.05, 4.69) is 11.9 Å². The highest BCUT2D eigenvalue weighted by atomic mass is 16.4. The van der Waals surface area contributed by atoms with Crippen molar-refractivity contribution in [1.82, 2.24) is 5.32 Å². The number of aliphatic carboxylic acids is 3. The summed E-state index contributed by atoms with van der Waals surface area (Å²) in [5.41, 5.74) is 4.73. The van der Waals surface area contributed by atoms with Crippen LogP contribution >= 0.6 is 0 Å². The molecule has 2 atom stereocenters.